The number of nitrogens with one attached hydrogen (secondary N) is 2. The van der Waals surface area contributed by atoms with Gasteiger partial charge in [0.2, 0.25) is 5.76 Å². The number of rotatable bonds is 2. The smallest absolute Gasteiger partial charge is 0.290 e. The summed E-state index contributed by atoms with van der Waals surface area (Å²) in [6.07, 6.45) is 3.47. The summed E-state index contributed by atoms with van der Waals surface area (Å²) in [6, 6.07) is 0.683. The molecule has 1 saturated heterocycles. The topological polar surface area (TPSA) is 67.2 Å². The maximum atomic E-state index is 11.8. The third-order valence-corrected chi connectivity index (χ3v) is 2.91. The summed E-state index contributed by atoms with van der Waals surface area (Å²) >= 11 is 0. The predicted octanol–water partition coefficient (Wildman–Crippen LogP) is 0.853. The third-order valence-electron chi connectivity index (χ3n) is 2.91. The summed E-state index contributed by atoms with van der Waals surface area (Å²) in [4.78, 5) is 11.8. The standard InChI is InChI=1S/C11H17N3O2/c1-7-6-13-16-10(7)11(15)14-9-3-4-12-8(2)5-9/h6,8-9,12H,3-5H2,1-2H3,(H,14,15). The Labute approximate surface area is 94.6 Å². The number of aromatic nitrogens is 1. The van der Waals surface area contributed by atoms with Gasteiger partial charge < -0.3 is 15.2 Å². The lowest BCUT2D eigenvalue weighted by Crippen LogP contribution is -2.46. The molecule has 88 valence electrons. The number of amides is 1. The second kappa shape index (κ2) is 4.65. The highest BCUT2D eigenvalue weighted by Gasteiger charge is 2.22. The molecule has 0 saturated carbocycles. The average Bonchev–Trinajstić information content (AvgIpc) is 2.64. The third kappa shape index (κ3) is 2.41. The molecule has 5 nitrogen and oxygen atoms in total. The Bertz CT molecular complexity index is 375. The van der Waals surface area contributed by atoms with Crippen molar-refractivity contribution in [1.29, 1.82) is 0 Å². The summed E-state index contributed by atoms with van der Waals surface area (Å²) in [5.41, 5.74) is 0.777. The molecule has 0 spiro atoms. The van der Waals surface area contributed by atoms with Crippen molar-refractivity contribution in [3.8, 4) is 0 Å². The van der Waals surface area contributed by atoms with E-state index in [1.165, 1.54) is 0 Å². The van der Waals surface area contributed by atoms with Crippen molar-refractivity contribution in [3.05, 3.63) is 17.5 Å². The van der Waals surface area contributed by atoms with Gasteiger partial charge in [-0.05, 0) is 33.2 Å². The number of carbonyl (C=O) groups excluding carboxylic acids is 1. The summed E-state index contributed by atoms with van der Waals surface area (Å²) in [6.45, 7) is 4.88. The maximum absolute atomic E-state index is 11.8. The molecule has 0 bridgehead atoms. The van der Waals surface area contributed by atoms with Crippen molar-refractivity contribution in [2.45, 2.75) is 38.8 Å². The lowest BCUT2D eigenvalue weighted by molar-refractivity contribution is 0.0887. The minimum Gasteiger partial charge on any atom is -0.351 e. The van der Waals surface area contributed by atoms with Gasteiger partial charge >= 0.3 is 0 Å². The molecular weight excluding hydrogens is 206 g/mol. The van der Waals surface area contributed by atoms with Crippen LogP contribution in [0.15, 0.2) is 10.7 Å². The van der Waals surface area contributed by atoms with Gasteiger partial charge in [0.15, 0.2) is 0 Å². The first-order valence-electron chi connectivity index (χ1n) is 5.62. The molecule has 1 aromatic rings. The Morgan fingerprint density at radius 3 is 3.12 bits per heavy atom. The Hall–Kier alpha value is -1.36. The molecule has 2 heterocycles. The Morgan fingerprint density at radius 1 is 1.69 bits per heavy atom. The van der Waals surface area contributed by atoms with E-state index in [9.17, 15) is 4.79 Å². The highest BCUT2D eigenvalue weighted by atomic mass is 16.5. The van der Waals surface area contributed by atoms with Gasteiger partial charge in [0, 0.05) is 17.6 Å². The van der Waals surface area contributed by atoms with E-state index in [1.54, 1.807) is 6.20 Å². The second-order valence-corrected chi connectivity index (χ2v) is 4.39. The van der Waals surface area contributed by atoms with E-state index < -0.39 is 0 Å². The first-order valence-corrected chi connectivity index (χ1v) is 5.62. The predicted molar refractivity (Wildman–Crippen MR) is 59.2 cm³/mol. The van der Waals surface area contributed by atoms with Crippen LogP contribution in [-0.4, -0.2) is 29.7 Å². The molecule has 1 aliphatic rings. The first-order chi connectivity index (χ1) is 7.66. The van der Waals surface area contributed by atoms with Gasteiger partial charge in [-0.25, -0.2) is 0 Å². The number of carbonyl (C=O) groups is 1. The highest BCUT2D eigenvalue weighted by molar-refractivity contribution is 5.92. The van der Waals surface area contributed by atoms with E-state index in [2.05, 4.69) is 22.7 Å². The molecule has 0 aliphatic carbocycles. The monoisotopic (exact) mass is 223 g/mol. The molecule has 2 atom stereocenters. The Kier molecular flexibility index (Phi) is 3.24. The SMILES string of the molecule is Cc1cnoc1C(=O)NC1CCNC(C)C1. The van der Waals surface area contributed by atoms with Crippen molar-refractivity contribution in [2.24, 2.45) is 0 Å². The molecule has 0 aromatic carbocycles. The van der Waals surface area contributed by atoms with Gasteiger partial charge in [0.25, 0.3) is 5.91 Å². The van der Waals surface area contributed by atoms with Crippen LogP contribution in [0.2, 0.25) is 0 Å². The van der Waals surface area contributed by atoms with Crippen LogP contribution in [0.4, 0.5) is 0 Å². The lowest BCUT2D eigenvalue weighted by Gasteiger charge is -2.28. The van der Waals surface area contributed by atoms with E-state index in [4.69, 9.17) is 4.52 Å². The van der Waals surface area contributed by atoms with Crippen molar-refractivity contribution >= 4 is 5.91 Å². The lowest BCUT2D eigenvalue weighted by atomic mass is 10.0. The van der Waals surface area contributed by atoms with Crippen molar-refractivity contribution in [1.82, 2.24) is 15.8 Å². The summed E-state index contributed by atoms with van der Waals surface area (Å²) in [5, 5.41) is 9.93. The summed E-state index contributed by atoms with van der Waals surface area (Å²) in [7, 11) is 0. The zero-order valence-corrected chi connectivity index (χ0v) is 9.62. The molecule has 1 aromatic heterocycles. The largest absolute Gasteiger partial charge is 0.351 e. The number of piperidine rings is 1. The van der Waals surface area contributed by atoms with Crippen LogP contribution in [0.25, 0.3) is 0 Å². The van der Waals surface area contributed by atoms with Gasteiger partial charge in [0.1, 0.15) is 0 Å². The minimum atomic E-state index is -0.158. The number of hydrogen-bond donors (Lipinski definition) is 2. The molecule has 1 aliphatic heterocycles. The average molecular weight is 223 g/mol. The molecule has 2 N–H and O–H groups in total. The van der Waals surface area contributed by atoms with E-state index in [1.807, 2.05) is 6.92 Å². The van der Waals surface area contributed by atoms with Crippen molar-refractivity contribution in [3.63, 3.8) is 0 Å². The zero-order chi connectivity index (χ0) is 11.5. The van der Waals surface area contributed by atoms with Crippen LogP contribution < -0.4 is 10.6 Å². The zero-order valence-electron chi connectivity index (χ0n) is 9.62. The minimum absolute atomic E-state index is 0.158. The fraction of sp³-hybridized carbons (Fsp3) is 0.636. The van der Waals surface area contributed by atoms with E-state index >= 15 is 0 Å². The van der Waals surface area contributed by atoms with Crippen LogP contribution >= 0.6 is 0 Å². The van der Waals surface area contributed by atoms with E-state index in [0.717, 1.165) is 24.9 Å². The van der Waals surface area contributed by atoms with Crippen LogP contribution in [0.1, 0.15) is 35.9 Å². The number of nitrogens with zero attached hydrogens (tertiary/aromatic N) is 1. The fourth-order valence-electron chi connectivity index (χ4n) is 2.02. The molecule has 2 unspecified atom stereocenters. The Morgan fingerprint density at radius 2 is 2.50 bits per heavy atom. The normalized spacial score (nSPS) is 25.4. The van der Waals surface area contributed by atoms with Crippen LogP contribution in [-0.2, 0) is 0 Å². The van der Waals surface area contributed by atoms with Gasteiger partial charge in [-0.3, -0.25) is 4.79 Å². The number of aryl methyl sites for hydroxylation is 1. The maximum Gasteiger partial charge on any atom is 0.290 e. The molecule has 1 fully saturated rings. The Balaban J connectivity index is 1.95. The van der Waals surface area contributed by atoms with Gasteiger partial charge in [-0.2, -0.15) is 0 Å². The molecular formula is C11H17N3O2. The molecule has 2 rings (SSSR count). The molecule has 16 heavy (non-hydrogen) atoms. The van der Waals surface area contributed by atoms with E-state index in [-0.39, 0.29) is 11.9 Å². The summed E-state index contributed by atoms with van der Waals surface area (Å²) in [5.74, 6) is 0.167. The van der Waals surface area contributed by atoms with Crippen LogP contribution in [0.5, 0.6) is 0 Å². The highest BCUT2D eigenvalue weighted by Crippen LogP contribution is 2.11. The molecule has 1 amide bonds. The fourth-order valence-corrected chi connectivity index (χ4v) is 2.02. The van der Waals surface area contributed by atoms with Crippen molar-refractivity contribution in [2.75, 3.05) is 6.54 Å². The van der Waals surface area contributed by atoms with Crippen LogP contribution in [0.3, 0.4) is 0 Å². The summed E-state index contributed by atoms with van der Waals surface area (Å²) < 4.78 is 4.92. The first kappa shape index (κ1) is 11.1. The van der Waals surface area contributed by atoms with Crippen molar-refractivity contribution < 1.29 is 9.32 Å². The molecule has 0 radical (unpaired) electrons. The second-order valence-electron chi connectivity index (χ2n) is 4.39. The van der Waals surface area contributed by atoms with E-state index in [0.29, 0.717) is 11.8 Å². The molecule has 5 heteroatoms. The van der Waals surface area contributed by atoms with Crippen LogP contribution in [0, 0.1) is 6.92 Å². The van der Waals surface area contributed by atoms with Gasteiger partial charge in [-0.15, -0.1) is 0 Å². The quantitative estimate of drug-likeness (QED) is 0.780. The number of hydrogen-bond acceptors (Lipinski definition) is 4. The van der Waals surface area contributed by atoms with Gasteiger partial charge in [-0.1, -0.05) is 5.16 Å². The van der Waals surface area contributed by atoms with Gasteiger partial charge in [0.05, 0.1) is 6.20 Å².